The first kappa shape index (κ1) is 28.5. The summed E-state index contributed by atoms with van der Waals surface area (Å²) in [6.07, 6.45) is 0.589. The number of amides is 1. The van der Waals surface area contributed by atoms with Crippen LogP contribution in [0.25, 0.3) is 0 Å². The van der Waals surface area contributed by atoms with Gasteiger partial charge in [-0.15, -0.1) is 0 Å². The van der Waals surface area contributed by atoms with Gasteiger partial charge in [-0.05, 0) is 74.7 Å². The molecule has 38 heavy (non-hydrogen) atoms. The van der Waals surface area contributed by atoms with Crippen molar-refractivity contribution in [1.29, 1.82) is 5.26 Å². The minimum Gasteiger partial charge on any atom is -0.496 e. The highest BCUT2D eigenvalue weighted by Gasteiger charge is 2.36. The van der Waals surface area contributed by atoms with E-state index in [1.807, 2.05) is 49.4 Å². The van der Waals surface area contributed by atoms with Gasteiger partial charge in [0.1, 0.15) is 17.1 Å². The van der Waals surface area contributed by atoms with Gasteiger partial charge in [0.2, 0.25) is 0 Å². The SMILES string of the molecule is COc1cccc(OC)c1C(=O)OC(C)(C)C(=O)NC(C)C(Cc1ccc(Cl)cc1)c1cccc(C#N)c1. The number of nitrogens with zero attached hydrogens (tertiary/aromatic N) is 1. The second-order valence-corrected chi connectivity index (χ2v) is 9.81. The number of halogens is 1. The minimum atomic E-state index is -1.50. The molecule has 1 amide bonds. The van der Waals surface area contributed by atoms with Gasteiger partial charge in [-0.1, -0.05) is 41.9 Å². The molecule has 0 radical (unpaired) electrons. The van der Waals surface area contributed by atoms with Crippen LogP contribution in [0.1, 0.15) is 53.7 Å². The molecule has 3 rings (SSSR count). The van der Waals surface area contributed by atoms with Crippen molar-refractivity contribution in [3.05, 3.63) is 94.0 Å². The monoisotopic (exact) mass is 534 g/mol. The smallest absolute Gasteiger partial charge is 0.346 e. The van der Waals surface area contributed by atoms with E-state index in [-0.39, 0.29) is 29.0 Å². The van der Waals surface area contributed by atoms with E-state index in [0.717, 1.165) is 11.1 Å². The maximum atomic E-state index is 13.4. The fraction of sp³-hybridized carbons (Fsp3) is 0.300. The van der Waals surface area contributed by atoms with Crippen LogP contribution >= 0.6 is 11.6 Å². The summed E-state index contributed by atoms with van der Waals surface area (Å²) in [5.41, 5.74) is 1.05. The second-order valence-electron chi connectivity index (χ2n) is 9.37. The number of rotatable bonds is 10. The highest BCUT2D eigenvalue weighted by atomic mass is 35.5. The van der Waals surface area contributed by atoms with Crippen LogP contribution in [-0.2, 0) is 16.0 Å². The number of carbonyl (C=O) groups is 2. The van der Waals surface area contributed by atoms with Crippen LogP contribution in [0.2, 0.25) is 5.02 Å². The molecular formula is C30H31ClN2O5. The van der Waals surface area contributed by atoms with Crippen LogP contribution in [0.4, 0.5) is 0 Å². The largest absolute Gasteiger partial charge is 0.496 e. The zero-order valence-corrected chi connectivity index (χ0v) is 22.8. The van der Waals surface area contributed by atoms with E-state index in [0.29, 0.717) is 17.0 Å². The van der Waals surface area contributed by atoms with E-state index in [1.54, 1.807) is 24.3 Å². The first-order valence-corrected chi connectivity index (χ1v) is 12.5. The number of carbonyl (C=O) groups excluding carboxylic acids is 2. The van der Waals surface area contributed by atoms with Crippen molar-refractivity contribution >= 4 is 23.5 Å². The zero-order chi connectivity index (χ0) is 27.9. The number of nitriles is 1. The number of esters is 1. The van der Waals surface area contributed by atoms with Gasteiger partial charge in [-0.2, -0.15) is 5.26 Å². The molecule has 2 unspecified atom stereocenters. The third-order valence-corrected chi connectivity index (χ3v) is 6.55. The molecule has 0 bridgehead atoms. The predicted molar refractivity (Wildman–Crippen MR) is 146 cm³/mol. The Kier molecular flexibility index (Phi) is 9.38. The van der Waals surface area contributed by atoms with E-state index in [9.17, 15) is 14.9 Å². The Balaban J connectivity index is 1.83. The van der Waals surface area contributed by atoms with Crippen LogP contribution in [0.15, 0.2) is 66.7 Å². The maximum absolute atomic E-state index is 13.4. The molecule has 0 spiro atoms. The van der Waals surface area contributed by atoms with Crippen LogP contribution in [0.5, 0.6) is 11.5 Å². The van der Waals surface area contributed by atoms with Gasteiger partial charge in [0.15, 0.2) is 5.60 Å². The number of hydrogen-bond acceptors (Lipinski definition) is 6. The van der Waals surface area contributed by atoms with E-state index in [1.165, 1.54) is 28.1 Å². The third-order valence-electron chi connectivity index (χ3n) is 6.30. The van der Waals surface area contributed by atoms with Gasteiger partial charge < -0.3 is 19.5 Å². The Hall–Kier alpha value is -4.02. The van der Waals surface area contributed by atoms with Gasteiger partial charge in [0.05, 0.1) is 25.9 Å². The van der Waals surface area contributed by atoms with Crippen molar-refractivity contribution < 1.29 is 23.8 Å². The quantitative estimate of drug-likeness (QED) is 0.335. The first-order chi connectivity index (χ1) is 18.1. The van der Waals surface area contributed by atoms with Gasteiger partial charge in [-0.3, -0.25) is 4.79 Å². The molecule has 3 aromatic carbocycles. The van der Waals surface area contributed by atoms with Gasteiger partial charge in [0.25, 0.3) is 5.91 Å². The van der Waals surface area contributed by atoms with Gasteiger partial charge >= 0.3 is 5.97 Å². The molecule has 2 atom stereocenters. The Labute approximate surface area is 228 Å². The average Bonchev–Trinajstić information content (AvgIpc) is 2.91. The summed E-state index contributed by atoms with van der Waals surface area (Å²) in [7, 11) is 2.88. The fourth-order valence-electron chi connectivity index (χ4n) is 4.16. The normalized spacial score (nSPS) is 12.6. The summed E-state index contributed by atoms with van der Waals surface area (Å²) >= 11 is 6.06. The summed E-state index contributed by atoms with van der Waals surface area (Å²) in [4.78, 5) is 26.5. The van der Waals surface area contributed by atoms with E-state index in [2.05, 4.69) is 11.4 Å². The molecule has 0 saturated heterocycles. The lowest BCUT2D eigenvalue weighted by Crippen LogP contribution is -2.50. The molecule has 198 valence electrons. The van der Waals surface area contributed by atoms with Crippen molar-refractivity contribution in [2.75, 3.05) is 14.2 Å². The Morgan fingerprint density at radius 2 is 1.61 bits per heavy atom. The number of nitrogens with one attached hydrogen (secondary N) is 1. The molecule has 0 aliphatic rings. The standard InChI is InChI=1S/C30H31ClN2O5/c1-19(24(17-20-12-14-23(31)15-13-20)22-9-6-8-21(16-22)18-32)33-29(35)30(2,3)38-28(34)27-25(36-4)10-7-11-26(27)37-5/h6-16,19,24H,17H2,1-5H3,(H,33,35). The second kappa shape index (κ2) is 12.5. The molecule has 0 aliphatic carbocycles. The molecule has 0 heterocycles. The molecule has 0 saturated carbocycles. The lowest BCUT2D eigenvalue weighted by Gasteiger charge is -2.30. The molecule has 7 nitrogen and oxygen atoms in total. The minimum absolute atomic E-state index is 0.0976. The predicted octanol–water partition coefficient (Wildman–Crippen LogP) is 5.70. The van der Waals surface area contributed by atoms with Crippen molar-refractivity contribution in [1.82, 2.24) is 5.32 Å². The van der Waals surface area contributed by atoms with Crippen molar-refractivity contribution in [2.45, 2.75) is 44.8 Å². The Bertz CT molecular complexity index is 1310. The summed E-state index contributed by atoms with van der Waals surface area (Å²) in [6, 6.07) is 21.5. The molecule has 0 aromatic heterocycles. The van der Waals surface area contributed by atoms with Crippen LogP contribution < -0.4 is 14.8 Å². The molecule has 0 fully saturated rings. The summed E-state index contributed by atoms with van der Waals surface area (Å²) in [5, 5.41) is 13.1. The van der Waals surface area contributed by atoms with E-state index in [4.69, 9.17) is 25.8 Å². The van der Waals surface area contributed by atoms with Gasteiger partial charge in [0, 0.05) is 17.0 Å². The first-order valence-electron chi connectivity index (χ1n) is 12.1. The summed E-state index contributed by atoms with van der Waals surface area (Å²) in [6.45, 7) is 4.94. The van der Waals surface area contributed by atoms with Gasteiger partial charge in [-0.25, -0.2) is 4.79 Å². The third kappa shape index (κ3) is 6.84. The summed E-state index contributed by atoms with van der Waals surface area (Å²) in [5.74, 6) is -0.829. The van der Waals surface area contributed by atoms with E-state index >= 15 is 0 Å². The maximum Gasteiger partial charge on any atom is 0.346 e. The average molecular weight is 535 g/mol. The molecule has 0 aliphatic heterocycles. The van der Waals surface area contributed by atoms with Crippen molar-refractivity contribution in [2.24, 2.45) is 0 Å². The van der Waals surface area contributed by atoms with E-state index < -0.39 is 17.5 Å². The topological polar surface area (TPSA) is 97.7 Å². The highest BCUT2D eigenvalue weighted by Crippen LogP contribution is 2.31. The molecule has 8 heteroatoms. The number of methoxy groups -OCH3 is 2. The lowest BCUT2D eigenvalue weighted by molar-refractivity contribution is -0.138. The fourth-order valence-corrected chi connectivity index (χ4v) is 4.29. The van der Waals surface area contributed by atoms with Crippen molar-refractivity contribution in [3.63, 3.8) is 0 Å². The number of hydrogen-bond donors (Lipinski definition) is 1. The van der Waals surface area contributed by atoms with Crippen LogP contribution in [0.3, 0.4) is 0 Å². The van der Waals surface area contributed by atoms with Crippen molar-refractivity contribution in [3.8, 4) is 17.6 Å². The van der Waals surface area contributed by atoms with Crippen LogP contribution in [-0.4, -0.2) is 37.7 Å². The number of benzene rings is 3. The molecule has 1 N–H and O–H groups in total. The Morgan fingerprint density at radius 1 is 1.00 bits per heavy atom. The molecule has 3 aromatic rings. The van der Waals surface area contributed by atoms with Crippen LogP contribution in [0, 0.1) is 11.3 Å². The Morgan fingerprint density at radius 3 is 2.18 bits per heavy atom. The number of ether oxygens (including phenoxy) is 3. The zero-order valence-electron chi connectivity index (χ0n) is 22.1. The summed E-state index contributed by atoms with van der Waals surface area (Å²) < 4.78 is 16.3. The molecular weight excluding hydrogens is 504 g/mol. The lowest BCUT2D eigenvalue weighted by atomic mass is 9.85. The highest BCUT2D eigenvalue weighted by molar-refractivity contribution is 6.30.